The van der Waals surface area contributed by atoms with Gasteiger partial charge in [0.1, 0.15) is 0 Å². The lowest BCUT2D eigenvalue weighted by atomic mass is 10.2. The number of hydrogen-bond donors (Lipinski definition) is 0. The maximum atomic E-state index is 8.72. The van der Waals surface area contributed by atoms with Crippen LogP contribution < -0.4 is 4.90 Å². The third-order valence-corrected chi connectivity index (χ3v) is 2.83. The van der Waals surface area contributed by atoms with Gasteiger partial charge in [-0.2, -0.15) is 25.3 Å². The Labute approximate surface area is 115 Å². The Balaban J connectivity index is 2.34. The number of halogens is 1. The molecule has 0 saturated carbocycles. The molecular weight excluding hydrogens is 266 g/mol. The summed E-state index contributed by atoms with van der Waals surface area (Å²) in [7, 11) is 1.81. The predicted molar refractivity (Wildman–Crippen MR) is 70.1 cm³/mol. The fraction of sp³-hybridized carbons (Fsp3) is 0.364. The Morgan fingerprint density at radius 3 is 2.89 bits per heavy atom. The van der Waals surface area contributed by atoms with Crippen LogP contribution in [0.2, 0.25) is 5.28 Å². The van der Waals surface area contributed by atoms with Crippen LogP contribution in [0.3, 0.4) is 0 Å². The molecule has 0 bridgehead atoms. The number of nitrogens with zero attached hydrogens (tertiary/aromatic N) is 7. The minimum atomic E-state index is -0.0195. The van der Waals surface area contributed by atoms with Gasteiger partial charge in [0.15, 0.2) is 0 Å². The summed E-state index contributed by atoms with van der Waals surface area (Å²) in [5.41, 5.74) is 0. The van der Waals surface area contributed by atoms with E-state index in [4.69, 9.17) is 16.9 Å². The molecule has 0 aliphatic heterocycles. The van der Waals surface area contributed by atoms with E-state index in [0.717, 1.165) is 0 Å². The molecule has 0 radical (unpaired) electrons. The highest BCUT2D eigenvalue weighted by Gasteiger charge is 2.15. The molecule has 0 saturated heterocycles. The number of nitriles is 1. The Morgan fingerprint density at radius 1 is 1.47 bits per heavy atom. The maximum absolute atomic E-state index is 8.72. The summed E-state index contributed by atoms with van der Waals surface area (Å²) >= 11 is 5.90. The molecule has 19 heavy (non-hydrogen) atoms. The van der Waals surface area contributed by atoms with Crippen molar-refractivity contribution < 1.29 is 0 Å². The molecule has 2 rings (SSSR count). The van der Waals surface area contributed by atoms with E-state index >= 15 is 0 Å². The Morgan fingerprint density at radius 2 is 2.26 bits per heavy atom. The fourth-order valence-electron chi connectivity index (χ4n) is 1.44. The molecule has 0 fully saturated rings. The summed E-state index contributed by atoms with van der Waals surface area (Å²) in [5.74, 6) is 0.754. The number of aromatic nitrogens is 5. The smallest absolute Gasteiger partial charge is 0.256 e. The van der Waals surface area contributed by atoms with Crippen LogP contribution >= 0.6 is 11.6 Å². The van der Waals surface area contributed by atoms with E-state index in [1.807, 2.05) is 6.92 Å². The molecule has 0 N–H and O–H groups in total. The van der Waals surface area contributed by atoms with E-state index in [2.05, 4.69) is 26.1 Å². The molecular formula is C11H12ClN7. The minimum absolute atomic E-state index is 0.0195. The lowest BCUT2D eigenvalue weighted by molar-refractivity contribution is 0.674. The largest absolute Gasteiger partial charge is 0.340 e. The summed E-state index contributed by atoms with van der Waals surface area (Å²) in [6.07, 6.45) is 3.71. The molecule has 0 spiro atoms. The van der Waals surface area contributed by atoms with Crippen LogP contribution in [0.5, 0.6) is 0 Å². The number of hydrogen-bond acceptors (Lipinski definition) is 6. The van der Waals surface area contributed by atoms with Gasteiger partial charge in [-0.1, -0.05) is 0 Å². The highest BCUT2D eigenvalue weighted by molar-refractivity contribution is 6.28. The lowest BCUT2D eigenvalue weighted by Gasteiger charge is -2.22. The van der Waals surface area contributed by atoms with Gasteiger partial charge in [-0.3, -0.25) is 0 Å². The van der Waals surface area contributed by atoms with Crippen LogP contribution in [0.15, 0.2) is 18.5 Å². The van der Waals surface area contributed by atoms with E-state index in [0.29, 0.717) is 18.3 Å². The van der Waals surface area contributed by atoms with Crippen LogP contribution in [0.4, 0.5) is 5.95 Å². The van der Waals surface area contributed by atoms with Gasteiger partial charge < -0.3 is 4.90 Å². The standard InChI is InChI=1S/C11H12ClN7/c1-8(4-5-13)18(2)10-15-9(12)16-11(17-10)19-7-3-6-14-19/h3,6-8H,4H2,1-2H3. The Hall–Kier alpha value is -2.20. The Kier molecular flexibility index (Phi) is 3.92. The summed E-state index contributed by atoms with van der Waals surface area (Å²) in [4.78, 5) is 14.2. The van der Waals surface area contributed by atoms with E-state index in [-0.39, 0.29) is 11.3 Å². The Bertz CT molecular complexity index is 590. The zero-order valence-electron chi connectivity index (χ0n) is 10.5. The first-order chi connectivity index (χ1) is 9.11. The molecule has 2 aromatic heterocycles. The van der Waals surface area contributed by atoms with Crippen molar-refractivity contribution in [2.45, 2.75) is 19.4 Å². The number of anilines is 1. The van der Waals surface area contributed by atoms with Crippen LogP contribution in [0, 0.1) is 11.3 Å². The highest BCUT2D eigenvalue weighted by Crippen LogP contribution is 2.15. The predicted octanol–water partition coefficient (Wildman–Crippen LogP) is 1.45. The topological polar surface area (TPSA) is 83.5 Å². The zero-order chi connectivity index (χ0) is 13.8. The van der Waals surface area contributed by atoms with Gasteiger partial charge in [-0.05, 0) is 24.6 Å². The van der Waals surface area contributed by atoms with Gasteiger partial charge in [-0.25, -0.2) is 4.68 Å². The van der Waals surface area contributed by atoms with Crippen molar-refractivity contribution in [3.05, 3.63) is 23.7 Å². The van der Waals surface area contributed by atoms with E-state index in [1.54, 1.807) is 30.4 Å². The summed E-state index contributed by atoms with van der Waals surface area (Å²) in [6, 6.07) is 3.86. The van der Waals surface area contributed by atoms with E-state index < -0.39 is 0 Å². The van der Waals surface area contributed by atoms with Gasteiger partial charge in [0, 0.05) is 25.5 Å². The molecule has 0 aromatic carbocycles. The quantitative estimate of drug-likeness (QED) is 0.841. The summed E-state index contributed by atoms with van der Waals surface area (Å²) in [5, 5.41) is 12.9. The summed E-state index contributed by atoms with van der Waals surface area (Å²) in [6.45, 7) is 1.91. The lowest BCUT2D eigenvalue weighted by Crippen LogP contribution is -2.30. The van der Waals surface area contributed by atoms with Crippen LogP contribution in [-0.4, -0.2) is 37.8 Å². The minimum Gasteiger partial charge on any atom is -0.340 e. The van der Waals surface area contributed by atoms with Crippen LogP contribution in [0.1, 0.15) is 13.3 Å². The number of rotatable bonds is 4. The average Bonchev–Trinajstić information content (AvgIpc) is 2.91. The first-order valence-electron chi connectivity index (χ1n) is 5.63. The molecule has 0 amide bonds. The van der Waals surface area contributed by atoms with Crippen LogP contribution in [0.25, 0.3) is 5.95 Å². The molecule has 0 aliphatic carbocycles. The first kappa shape index (κ1) is 13.2. The van der Waals surface area contributed by atoms with Gasteiger partial charge >= 0.3 is 0 Å². The van der Waals surface area contributed by atoms with Crippen LogP contribution in [-0.2, 0) is 0 Å². The van der Waals surface area contributed by atoms with Gasteiger partial charge in [0.25, 0.3) is 5.95 Å². The van der Waals surface area contributed by atoms with Crippen molar-refractivity contribution in [1.82, 2.24) is 24.7 Å². The van der Waals surface area contributed by atoms with E-state index in [9.17, 15) is 0 Å². The maximum Gasteiger partial charge on any atom is 0.256 e. The molecule has 0 aliphatic rings. The second-order valence-corrected chi connectivity index (χ2v) is 4.32. The molecule has 2 heterocycles. The van der Waals surface area contributed by atoms with Crippen molar-refractivity contribution >= 4 is 17.5 Å². The molecule has 7 nitrogen and oxygen atoms in total. The van der Waals surface area contributed by atoms with Crippen molar-refractivity contribution in [2.75, 3.05) is 11.9 Å². The second-order valence-electron chi connectivity index (χ2n) is 3.98. The molecule has 8 heteroatoms. The van der Waals surface area contributed by atoms with Crippen molar-refractivity contribution in [3.8, 4) is 12.0 Å². The highest BCUT2D eigenvalue weighted by atomic mass is 35.5. The van der Waals surface area contributed by atoms with Crippen molar-refractivity contribution in [3.63, 3.8) is 0 Å². The van der Waals surface area contributed by atoms with Gasteiger partial charge in [-0.15, -0.1) is 0 Å². The average molecular weight is 278 g/mol. The zero-order valence-corrected chi connectivity index (χ0v) is 11.3. The third-order valence-electron chi connectivity index (χ3n) is 2.66. The summed E-state index contributed by atoms with van der Waals surface area (Å²) < 4.78 is 1.50. The second kappa shape index (κ2) is 5.63. The van der Waals surface area contributed by atoms with E-state index in [1.165, 1.54) is 4.68 Å². The van der Waals surface area contributed by atoms with Gasteiger partial charge in [0.2, 0.25) is 11.2 Å². The third kappa shape index (κ3) is 2.98. The fourth-order valence-corrected chi connectivity index (χ4v) is 1.59. The SMILES string of the molecule is CC(CC#N)N(C)c1nc(Cl)nc(-n2cccn2)n1. The van der Waals surface area contributed by atoms with Gasteiger partial charge in [0.05, 0.1) is 12.5 Å². The van der Waals surface area contributed by atoms with Crippen molar-refractivity contribution in [1.29, 1.82) is 5.26 Å². The monoisotopic (exact) mass is 277 g/mol. The molecule has 98 valence electrons. The normalized spacial score (nSPS) is 11.9. The first-order valence-corrected chi connectivity index (χ1v) is 6.01. The van der Waals surface area contributed by atoms with Crippen molar-refractivity contribution in [2.24, 2.45) is 0 Å². The molecule has 1 atom stereocenters. The molecule has 2 aromatic rings. The molecule has 1 unspecified atom stereocenters.